The van der Waals surface area contributed by atoms with E-state index in [0.29, 0.717) is 23.1 Å². The molecule has 126 valence electrons. The topological polar surface area (TPSA) is 80.2 Å². The number of rotatable bonds is 6. The van der Waals surface area contributed by atoms with Crippen molar-refractivity contribution in [1.29, 1.82) is 0 Å². The van der Waals surface area contributed by atoms with Gasteiger partial charge in [0.05, 0.1) is 25.5 Å². The molecule has 0 aliphatic heterocycles. The molecular formula is C17H17ClN2O4. The SMILES string of the molecule is CCOc1cc(/C=N/NC(=O)c2cc(Cl)ccc2O)ccc1OC. The van der Waals surface area contributed by atoms with E-state index in [1.54, 1.807) is 25.3 Å². The van der Waals surface area contributed by atoms with Gasteiger partial charge in [-0.25, -0.2) is 5.43 Å². The number of hydrazone groups is 1. The number of benzene rings is 2. The second kappa shape index (κ2) is 8.21. The van der Waals surface area contributed by atoms with Crippen LogP contribution in [0.5, 0.6) is 17.2 Å². The Hall–Kier alpha value is -2.73. The van der Waals surface area contributed by atoms with Crippen LogP contribution in [0.2, 0.25) is 5.02 Å². The van der Waals surface area contributed by atoms with Gasteiger partial charge in [0.2, 0.25) is 0 Å². The maximum atomic E-state index is 12.0. The van der Waals surface area contributed by atoms with Crippen molar-refractivity contribution in [3.8, 4) is 17.2 Å². The molecule has 2 N–H and O–H groups in total. The van der Waals surface area contributed by atoms with Crippen molar-refractivity contribution in [1.82, 2.24) is 5.43 Å². The summed E-state index contributed by atoms with van der Waals surface area (Å²) in [7, 11) is 1.56. The Morgan fingerprint density at radius 2 is 2.08 bits per heavy atom. The van der Waals surface area contributed by atoms with E-state index in [1.807, 2.05) is 6.92 Å². The molecular weight excluding hydrogens is 332 g/mol. The molecule has 0 spiro atoms. The predicted octanol–water partition coefficient (Wildman–Crippen LogP) is 3.22. The zero-order valence-electron chi connectivity index (χ0n) is 13.2. The molecule has 0 aliphatic rings. The Morgan fingerprint density at radius 3 is 2.79 bits per heavy atom. The van der Waals surface area contributed by atoms with Crippen LogP contribution in [-0.4, -0.2) is 30.9 Å². The summed E-state index contributed by atoms with van der Waals surface area (Å²) in [4.78, 5) is 12.0. The van der Waals surface area contributed by atoms with Crippen LogP contribution < -0.4 is 14.9 Å². The highest BCUT2D eigenvalue weighted by molar-refractivity contribution is 6.31. The second-order valence-corrected chi connectivity index (χ2v) is 5.14. The summed E-state index contributed by atoms with van der Waals surface area (Å²) in [5.41, 5.74) is 3.10. The van der Waals surface area contributed by atoms with Gasteiger partial charge in [0, 0.05) is 5.02 Å². The molecule has 2 aromatic rings. The van der Waals surface area contributed by atoms with Gasteiger partial charge < -0.3 is 14.6 Å². The number of hydrogen-bond acceptors (Lipinski definition) is 5. The van der Waals surface area contributed by atoms with E-state index in [1.165, 1.54) is 24.4 Å². The van der Waals surface area contributed by atoms with Gasteiger partial charge in [0.1, 0.15) is 5.75 Å². The van der Waals surface area contributed by atoms with E-state index in [4.69, 9.17) is 21.1 Å². The first-order chi connectivity index (χ1) is 11.5. The Kier molecular flexibility index (Phi) is 6.03. The van der Waals surface area contributed by atoms with Crippen molar-refractivity contribution in [3.63, 3.8) is 0 Å². The molecule has 2 rings (SSSR count). The highest BCUT2D eigenvalue weighted by atomic mass is 35.5. The van der Waals surface area contributed by atoms with Crippen LogP contribution >= 0.6 is 11.6 Å². The number of nitrogens with zero attached hydrogens (tertiary/aromatic N) is 1. The fraction of sp³-hybridized carbons (Fsp3) is 0.176. The first kappa shape index (κ1) is 17.6. The number of methoxy groups -OCH3 is 1. The van der Waals surface area contributed by atoms with Gasteiger partial charge in [-0.05, 0) is 48.9 Å². The third-order valence-corrected chi connectivity index (χ3v) is 3.31. The van der Waals surface area contributed by atoms with Crippen LogP contribution in [0.25, 0.3) is 0 Å². The number of aromatic hydroxyl groups is 1. The zero-order valence-corrected chi connectivity index (χ0v) is 14.0. The number of carbonyl (C=O) groups is 1. The standard InChI is InChI=1S/C17H17ClN2O4/c1-3-24-16-8-11(4-7-15(16)23-2)10-19-20-17(22)13-9-12(18)5-6-14(13)21/h4-10,21H,3H2,1-2H3,(H,20,22)/b19-10+. The predicted molar refractivity (Wildman–Crippen MR) is 92.3 cm³/mol. The highest BCUT2D eigenvalue weighted by Crippen LogP contribution is 2.27. The zero-order chi connectivity index (χ0) is 17.5. The molecule has 0 saturated heterocycles. The lowest BCUT2D eigenvalue weighted by atomic mass is 10.2. The molecule has 0 aromatic heterocycles. The van der Waals surface area contributed by atoms with E-state index in [9.17, 15) is 9.90 Å². The van der Waals surface area contributed by atoms with Crippen LogP contribution in [-0.2, 0) is 0 Å². The number of phenolic OH excluding ortho intramolecular Hbond substituents is 1. The number of ether oxygens (including phenoxy) is 2. The maximum Gasteiger partial charge on any atom is 0.275 e. The minimum Gasteiger partial charge on any atom is -0.507 e. The monoisotopic (exact) mass is 348 g/mol. The van der Waals surface area contributed by atoms with E-state index in [2.05, 4.69) is 10.5 Å². The molecule has 0 fully saturated rings. The summed E-state index contributed by atoms with van der Waals surface area (Å²) in [6.45, 7) is 2.37. The first-order valence-corrected chi connectivity index (χ1v) is 7.55. The molecule has 0 heterocycles. The summed E-state index contributed by atoms with van der Waals surface area (Å²) in [6, 6.07) is 9.46. The van der Waals surface area contributed by atoms with Crippen LogP contribution in [0.4, 0.5) is 0 Å². The molecule has 7 heteroatoms. The second-order valence-electron chi connectivity index (χ2n) is 4.70. The van der Waals surface area contributed by atoms with E-state index in [0.717, 1.165) is 5.56 Å². The quantitative estimate of drug-likeness (QED) is 0.620. The third kappa shape index (κ3) is 4.39. The molecule has 6 nitrogen and oxygen atoms in total. The Morgan fingerprint density at radius 1 is 1.29 bits per heavy atom. The minimum absolute atomic E-state index is 0.0457. The highest BCUT2D eigenvalue weighted by Gasteiger charge is 2.11. The van der Waals surface area contributed by atoms with Gasteiger partial charge in [-0.2, -0.15) is 5.10 Å². The van der Waals surface area contributed by atoms with Crippen LogP contribution in [0, 0.1) is 0 Å². The molecule has 0 aliphatic carbocycles. The normalized spacial score (nSPS) is 10.6. The van der Waals surface area contributed by atoms with E-state index >= 15 is 0 Å². The summed E-state index contributed by atoms with van der Waals surface area (Å²) in [5.74, 6) is 0.463. The van der Waals surface area contributed by atoms with Crippen molar-refractivity contribution in [3.05, 3.63) is 52.5 Å². The van der Waals surface area contributed by atoms with Gasteiger partial charge in [-0.1, -0.05) is 11.6 Å². The van der Waals surface area contributed by atoms with Gasteiger partial charge in [-0.15, -0.1) is 0 Å². The molecule has 0 bridgehead atoms. The Bertz CT molecular complexity index is 762. The van der Waals surface area contributed by atoms with Crippen LogP contribution in [0.15, 0.2) is 41.5 Å². The van der Waals surface area contributed by atoms with Crippen LogP contribution in [0.1, 0.15) is 22.8 Å². The number of phenols is 1. The molecule has 0 radical (unpaired) electrons. The molecule has 1 amide bonds. The number of amides is 1. The van der Waals surface area contributed by atoms with E-state index in [-0.39, 0.29) is 11.3 Å². The fourth-order valence-electron chi connectivity index (χ4n) is 1.96. The summed E-state index contributed by atoms with van der Waals surface area (Å²) < 4.78 is 10.7. The van der Waals surface area contributed by atoms with Crippen molar-refractivity contribution < 1.29 is 19.4 Å². The van der Waals surface area contributed by atoms with Gasteiger partial charge in [-0.3, -0.25) is 4.79 Å². The fourth-order valence-corrected chi connectivity index (χ4v) is 2.13. The molecule has 2 aromatic carbocycles. The first-order valence-electron chi connectivity index (χ1n) is 7.18. The number of carbonyl (C=O) groups excluding carboxylic acids is 1. The van der Waals surface area contributed by atoms with Crippen molar-refractivity contribution >= 4 is 23.7 Å². The van der Waals surface area contributed by atoms with Crippen LogP contribution in [0.3, 0.4) is 0 Å². The maximum absolute atomic E-state index is 12.0. The number of halogens is 1. The van der Waals surface area contributed by atoms with Gasteiger partial charge in [0.15, 0.2) is 11.5 Å². The smallest absolute Gasteiger partial charge is 0.275 e. The Balaban J connectivity index is 2.09. The number of nitrogens with one attached hydrogen (secondary N) is 1. The molecule has 0 saturated carbocycles. The average molecular weight is 349 g/mol. The third-order valence-electron chi connectivity index (χ3n) is 3.07. The van der Waals surface area contributed by atoms with Gasteiger partial charge in [0.25, 0.3) is 5.91 Å². The lowest BCUT2D eigenvalue weighted by Crippen LogP contribution is -2.17. The van der Waals surface area contributed by atoms with Gasteiger partial charge >= 0.3 is 0 Å². The van der Waals surface area contributed by atoms with E-state index < -0.39 is 5.91 Å². The lowest BCUT2D eigenvalue weighted by Gasteiger charge is -2.09. The number of hydrogen-bond donors (Lipinski definition) is 2. The Labute approximate surface area is 144 Å². The van der Waals surface area contributed by atoms with Crippen molar-refractivity contribution in [2.24, 2.45) is 5.10 Å². The summed E-state index contributed by atoms with van der Waals surface area (Å²) in [6.07, 6.45) is 1.46. The average Bonchev–Trinajstić information content (AvgIpc) is 2.57. The van der Waals surface area contributed by atoms with Crippen molar-refractivity contribution in [2.45, 2.75) is 6.92 Å². The summed E-state index contributed by atoms with van der Waals surface area (Å²) in [5, 5.41) is 13.9. The minimum atomic E-state index is -0.565. The molecule has 24 heavy (non-hydrogen) atoms. The molecule has 0 unspecified atom stereocenters. The summed E-state index contributed by atoms with van der Waals surface area (Å²) >= 11 is 5.81. The molecule has 0 atom stereocenters. The van der Waals surface area contributed by atoms with Crippen molar-refractivity contribution in [2.75, 3.05) is 13.7 Å². The largest absolute Gasteiger partial charge is 0.507 e. The lowest BCUT2D eigenvalue weighted by molar-refractivity contribution is 0.0952.